The van der Waals surface area contributed by atoms with Crippen LogP contribution in [0.25, 0.3) is 0 Å². The number of nitrogens with one attached hydrogen (secondary N) is 1. The van der Waals surface area contributed by atoms with Crippen molar-refractivity contribution in [3.05, 3.63) is 59.4 Å². The lowest BCUT2D eigenvalue weighted by atomic mass is 10.2. The molecule has 0 amide bonds. The summed E-state index contributed by atoms with van der Waals surface area (Å²) in [7, 11) is 0. The van der Waals surface area contributed by atoms with Gasteiger partial charge in [-0.3, -0.25) is 5.41 Å². The first-order chi connectivity index (χ1) is 8.97. The monoisotopic (exact) mass is 282 g/mol. The van der Waals surface area contributed by atoms with E-state index in [1.165, 1.54) is 18.2 Å². The number of halogens is 3. The molecule has 0 spiro atoms. The van der Waals surface area contributed by atoms with Crippen LogP contribution in [-0.2, 0) is 0 Å². The lowest BCUT2D eigenvalue weighted by Gasteiger charge is -2.08. The van der Waals surface area contributed by atoms with Gasteiger partial charge in [0.15, 0.2) is 11.6 Å². The van der Waals surface area contributed by atoms with E-state index in [4.69, 9.17) is 11.1 Å². The fourth-order valence-corrected chi connectivity index (χ4v) is 2.44. The molecule has 0 saturated carbocycles. The highest BCUT2D eigenvalue weighted by Crippen LogP contribution is 2.31. The molecule has 2 aromatic rings. The number of rotatable bonds is 3. The van der Waals surface area contributed by atoms with Crippen molar-refractivity contribution in [1.29, 1.82) is 5.41 Å². The Morgan fingerprint density at radius 2 is 1.74 bits per heavy atom. The Balaban J connectivity index is 2.37. The van der Waals surface area contributed by atoms with Gasteiger partial charge in [0.2, 0.25) is 0 Å². The van der Waals surface area contributed by atoms with E-state index >= 15 is 0 Å². The van der Waals surface area contributed by atoms with Gasteiger partial charge in [-0.05, 0) is 36.4 Å². The Hall–Kier alpha value is -1.95. The molecule has 19 heavy (non-hydrogen) atoms. The van der Waals surface area contributed by atoms with Crippen molar-refractivity contribution in [3.63, 3.8) is 0 Å². The number of benzene rings is 2. The lowest BCUT2D eigenvalue weighted by molar-refractivity contribution is 0.506. The topological polar surface area (TPSA) is 49.9 Å². The normalized spacial score (nSPS) is 10.5. The summed E-state index contributed by atoms with van der Waals surface area (Å²) in [6, 6.07) is 7.23. The Kier molecular flexibility index (Phi) is 3.80. The average molecular weight is 282 g/mol. The second kappa shape index (κ2) is 5.36. The highest BCUT2D eigenvalue weighted by molar-refractivity contribution is 7.99. The summed E-state index contributed by atoms with van der Waals surface area (Å²) in [6.45, 7) is 0. The van der Waals surface area contributed by atoms with Gasteiger partial charge in [0.25, 0.3) is 0 Å². The van der Waals surface area contributed by atoms with Crippen molar-refractivity contribution >= 4 is 17.6 Å². The maximum Gasteiger partial charge on any atom is 0.159 e. The summed E-state index contributed by atoms with van der Waals surface area (Å²) in [6.07, 6.45) is 0. The van der Waals surface area contributed by atoms with Gasteiger partial charge < -0.3 is 5.73 Å². The van der Waals surface area contributed by atoms with Gasteiger partial charge in [0.05, 0.1) is 0 Å². The molecule has 2 rings (SSSR count). The van der Waals surface area contributed by atoms with Crippen LogP contribution in [0.5, 0.6) is 0 Å². The number of hydrogen-bond donors (Lipinski definition) is 2. The summed E-state index contributed by atoms with van der Waals surface area (Å²) >= 11 is 1.08. The van der Waals surface area contributed by atoms with Gasteiger partial charge in [-0.1, -0.05) is 11.8 Å². The Bertz CT molecular complexity index is 644. The summed E-state index contributed by atoms with van der Waals surface area (Å²) in [5.41, 5.74) is 5.58. The summed E-state index contributed by atoms with van der Waals surface area (Å²) in [5, 5.41) is 7.38. The van der Waals surface area contributed by atoms with Crippen LogP contribution in [0.1, 0.15) is 5.56 Å². The Morgan fingerprint density at radius 1 is 1.00 bits per heavy atom. The third kappa shape index (κ3) is 3.08. The molecule has 0 aromatic heterocycles. The van der Waals surface area contributed by atoms with E-state index in [9.17, 15) is 13.2 Å². The number of amidine groups is 1. The summed E-state index contributed by atoms with van der Waals surface area (Å²) in [4.78, 5) is 0.938. The maximum absolute atomic E-state index is 13.1. The van der Waals surface area contributed by atoms with Gasteiger partial charge in [0, 0.05) is 15.4 Å². The molecular formula is C13H9F3N2S. The molecule has 2 aromatic carbocycles. The minimum atomic E-state index is -0.962. The predicted molar refractivity (Wildman–Crippen MR) is 67.9 cm³/mol. The molecule has 6 heteroatoms. The third-order valence-corrected chi connectivity index (χ3v) is 3.42. The van der Waals surface area contributed by atoms with Gasteiger partial charge in [-0.25, -0.2) is 13.2 Å². The highest BCUT2D eigenvalue weighted by atomic mass is 32.2. The van der Waals surface area contributed by atoms with Crippen LogP contribution in [0.4, 0.5) is 13.2 Å². The number of nitrogens with two attached hydrogens (primary N) is 1. The van der Waals surface area contributed by atoms with E-state index in [1.807, 2.05) is 0 Å². The standard InChI is InChI=1S/C13H9F3N2S/c14-7-1-4-12(9(5-7)13(17)18)19-8-2-3-10(15)11(16)6-8/h1-6H,(H3,17,18). The molecule has 0 heterocycles. The molecule has 98 valence electrons. The lowest BCUT2D eigenvalue weighted by Crippen LogP contribution is -2.12. The molecule has 0 saturated heterocycles. The minimum Gasteiger partial charge on any atom is -0.384 e. The van der Waals surface area contributed by atoms with Gasteiger partial charge in [0.1, 0.15) is 11.7 Å². The zero-order chi connectivity index (χ0) is 14.0. The summed E-state index contributed by atoms with van der Waals surface area (Å²) < 4.78 is 39.0. The average Bonchev–Trinajstić information content (AvgIpc) is 2.36. The molecule has 0 unspecified atom stereocenters. The molecule has 0 atom stereocenters. The van der Waals surface area contributed by atoms with Crippen molar-refractivity contribution in [2.24, 2.45) is 5.73 Å². The quantitative estimate of drug-likeness (QED) is 0.668. The van der Waals surface area contributed by atoms with E-state index in [1.54, 1.807) is 0 Å². The highest BCUT2D eigenvalue weighted by Gasteiger charge is 2.10. The van der Waals surface area contributed by atoms with E-state index in [-0.39, 0.29) is 11.4 Å². The van der Waals surface area contributed by atoms with Crippen LogP contribution in [-0.4, -0.2) is 5.84 Å². The fourth-order valence-electron chi connectivity index (χ4n) is 1.47. The SMILES string of the molecule is N=C(N)c1cc(F)ccc1Sc1ccc(F)c(F)c1. The number of nitrogen functional groups attached to an aromatic ring is 1. The molecule has 0 radical (unpaired) electrons. The molecule has 0 aliphatic rings. The molecule has 0 aliphatic heterocycles. The zero-order valence-electron chi connectivity index (χ0n) is 9.58. The van der Waals surface area contributed by atoms with Gasteiger partial charge in [-0.2, -0.15) is 0 Å². The number of hydrogen-bond acceptors (Lipinski definition) is 2. The first kappa shape index (κ1) is 13.5. The van der Waals surface area contributed by atoms with Crippen molar-refractivity contribution in [1.82, 2.24) is 0 Å². The van der Waals surface area contributed by atoms with Crippen molar-refractivity contribution < 1.29 is 13.2 Å². The molecule has 0 bridgehead atoms. The van der Waals surface area contributed by atoms with Crippen molar-refractivity contribution in [2.75, 3.05) is 0 Å². The Morgan fingerprint density at radius 3 is 2.37 bits per heavy atom. The van der Waals surface area contributed by atoms with E-state index in [0.717, 1.165) is 30.0 Å². The first-order valence-corrected chi connectivity index (χ1v) is 6.06. The second-order valence-electron chi connectivity index (χ2n) is 3.73. The predicted octanol–water partition coefficient (Wildman–Crippen LogP) is 3.54. The van der Waals surface area contributed by atoms with E-state index < -0.39 is 17.5 Å². The van der Waals surface area contributed by atoms with Crippen molar-refractivity contribution in [3.8, 4) is 0 Å². The first-order valence-electron chi connectivity index (χ1n) is 5.24. The fraction of sp³-hybridized carbons (Fsp3) is 0. The minimum absolute atomic E-state index is 0.217. The largest absolute Gasteiger partial charge is 0.384 e. The molecule has 2 nitrogen and oxygen atoms in total. The van der Waals surface area contributed by atoms with Crippen LogP contribution >= 0.6 is 11.8 Å². The second-order valence-corrected chi connectivity index (χ2v) is 4.85. The van der Waals surface area contributed by atoms with Crippen LogP contribution in [0.15, 0.2) is 46.2 Å². The van der Waals surface area contributed by atoms with E-state index in [0.29, 0.717) is 9.79 Å². The van der Waals surface area contributed by atoms with Crippen LogP contribution in [0.3, 0.4) is 0 Å². The zero-order valence-corrected chi connectivity index (χ0v) is 10.4. The van der Waals surface area contributed by atoms with Gasteiger partial charge in [-0.15, -0.1) is 0 Å². The Labute approximate surface area is 111 Å². The van der Waals surface area contributed by atoms with Crippen molar-refractivity contribution in [2.45, 2.75) is 9.79 Å². The van der Waals surface area contributed by atoms with Crippen LogP contribution in [0, 0.1) is 22.9 Å². The third-order valence-electron chi connectivity index (χ3n) is 2.35. The van der Waals surface area contributed by atoms with Gasteiger partial charge >= 0.3 is 0 Å². The van der Waals surface area contributed by atoms with Crippen LogP contribution < -0.4 is 5.73 Å². The van der Waals surface area contributed by atoms with Crippen LogP contribution in [0.2, 0.25) is 0 Å². The summed E-state index contributed by atoms with van der Waals surface area (Å²) in [5.74, 6) is -2.70. The molecule has 3 N–H and O–H groups in total. The smallest absolute Gasteiger partial charge is 0.159 e. The molecule has 0 aliphatic carbocycles. The maximum atomic E-state index is 13.1. The molecule has 0 fully saturated rings. The van der Waals surface area contributed by atoms with E-state index in [2.05, 4.69) is 0 Å². The molecular weight excluding hydrogens is 273 g/mol.